The number of rotatable bonds is 4. The molecule has 5 nitrogen and oxygen atoms in total. The topological polar surface area (TPSA) is 59.9 Å². The van der Waals surface area contributed by atoms with E-state index in [-0.39, 0.29) is 5.60 Å². The molecule has 5 heteroatoms. The number of terminal acetylenes is 1. The summed E-state index contributed by atoms with van der Waals surface area (Å²) in [6.45, 7) is 2.13. The van der Waals surface area contributed by atoms with E-state index in [1.807, 2.05) is 30.3 Å². The minimum absolute atomic E-state index is 0.0382. The molecule has 0 atom stereocenters. The van der Waals surface area contributed by atoms with Crippen LogP contribution in [0.5, 0.6) is 0 Å². The van der Waals surface area contributed by atoms with Gasteiger partial charge in [0, 0.05) is 35.7 Å². The standard InChI is InChI=1S/C21H20N4O/c1-4-14-9-10-18(22-13-14)19-16-7-5-6-8-17(16)20(25-24-19)23-15-11-21(2,12-15)26-3/h1,5-10,13,15H,11-12H2,2-3H3,(H,23,25). The number of aromatic nitrogens is 3. The minimum Gasteiger partial charge on any atom is -0.378 e. The largest absolute Gasteiger partial charge is 0.378 e. The summed E-state index contributed by atoms with van der Waals surface area (Å²) in [6.07, 6.45) is 9.00. The van der Waals surface area contributed by atoms with Crippen molar-refractivity contribution in [3.8, 4) is 23.7 Å². The van der Waals surface area contributed by atoms with E-state index in [1.165, 1.54) is 0 Å². The Labute approximate surface area is 152 Å². The molecule has 0 amide bonds. The highest BCUT2D eigenvalue weighted by atomic mass is 16.5. The third-order valence-electron chi connectivity index (χ3n) is 5.05. The van der Waals surface area contributed by atoms with E-state index in [4.69, 9.17) is 11.2 Å². The van der Waals surface area contributed by atoms with Crippen molar-refractivity contribution < 1.29 is 4.74 Å². The third-order valence-corrected chi connectivity index (χ3v) is 5.05. The lowest BCUT2D eigenvalue weighted by atomic mass is 9.77. The van der Waals surface area contributed by atoms with Crippen LogP contribution in [-0.2, 0) is 4.74 Å². The molecule has 130 valence electrons. The van der Waals surface area contributed by atoms with E-state index in [0.29, 0.717) is 6.04 Å². The van der Waals surface area contributed by atoms with Crippen LogP contribution >= 0.6 is 0 Å². The number of pyridine rings is 1. The number of nitrogens with zero attached hydrogens (tertiary/aromatic N) is 3. The van der Waals surface area contributed by atoms with Crippen molar-refractivity contribution in [2.75, 3.05) is 12.4 Å². The number of methoxy groups -OCH3 is 1. The molecule has 1 N–H and O–H groups in total. The van der Waals surface area contributed by atoms with Crippen molar-refractivity contribution in [1.82, 2.24) is 15.2 Å². The maximum absolute atomic E-state index is 5.53. The van der Waals surface area contributed by atoms with Gasteiger partial charge in [-0.3, -0.25) is 4.98 Å². The molecule has 0 unspecified atom stereocenters. The van der Waals surface area contributed by atoms with Gasteiger partial charge in [-0.2, -0.15) is 0 Å². The van der Waals surface area contributed by atoms with Crippen LogP contribution in [0.2, 0.25) is 0 Å². The molecule has 4 rings (SSSR count). The Bertz CT molecular complexity index is 985. The van der Waals surface area contributed by atoms with E-state index < -0.39 is 0 Å². The van der Waals surface area contributed by atoms with Gasteiger partial charge in [-0.15, -0.1) is 16.6 Å². The van der Waals surface area contributed by atoms with Crippen LogP contribution in [-0.4, -0.2) is 33.9 Å². The van der Waals surface area contributed by atoms with Crippen LogP contribution in [0, 0.1) is 12.3 Å². The maximum atomic E-state index is 5.53. The molecular weight excluding hydrogens is 324 g/mol. The van der Waals surface area contributed by atoms with Gasteiger partial charge in [0.2, 0.25) is 0 Å². The van der Waals surface area contributed by atoms with Crippen molar-refractivity contribution in [3.63, 3.8) is 0 Å². The molecule has 1 aliphatic carbocycles. The Morgan fingerprint density at radius 1 is 1.15 bits per heavy atom. The molecule has 0 aliphatic heterocycles. The lowest BCUT2D eigenvalue weighted by molar-refractivity contribution is -0.0625. The molecule has 1 aromatic carbocycles. The number of benzene rings is 1. The summed E-state index contributed by atoms with van der Waals surface area (Å²) < 4.78 is 5.53. The third kappa shape index (κ3) is 2.89. The Kier molecular flexibility index (Phi) is 4.06. The fourth-order valence-electron chi connectivity index (χ4n) is 3.46. The van der Waals surface area contributed by atoms with E-state index >= 15 is 0 Å². The molecule has 2 aromatic heterocycles. The molecule has 3 aromatic rings. The first kappa shape index (κ1) is 16.5. The molecule has 0 spiro atoms. The van der Waals surface area contributed by atoms with Gasteiger partial charge in [0.1, 0.15) is 5.69 Å². The molecule has 26 heavy (non-hydrogen) atoms. The molecule has 0 radical (unpaired) electrons. The average Bonchev–Trinajstić information content (AvgIpc) is 2.67. The summed E-state index contributed by atoms with van der Waals surface area (Å²) in [6, 6.07) is 12.2. The smallest absolute Gasteiger partial charge is 0.156 e. The van der Waals surface area contributed by atoms with Crippen LogP contribution in [0.25, 0.3) is 22.2 Å². The summed E-state index contributed by atoms with van der Waals surface area (Å²) in [7, 11) is 1.76. The minimum atomic E-state index is -0.0382. The van der Waals surface area contributed by atoms with Gasteiger partial charge in [0.25, 0.3) is 0 Å². The highest BCUT2D eigenvalue weighted by Crippen LogP contribution is 2.38. The zero-order chi connectivity index (χ0) is 18.1. The van der Waals surface area contributed by atoms with Crippen molar-refractivity contribution in [3.05, 3.63) is 48.2 Å². The van der Waals surface area contributed by atoms with Crippen molar-refractivity contribution in [1.29, 1.82) is 0 Å². The van der Waals surface area contributed by atoms with Crippen molar-refractivity contribution >= 4 is 16.6 Å². The molecule has 1 aliphatic rings. The number of hydrogen-bond donors (Lipinski definition) is 1. The van der Waals surface area contributed by atoms with Gasteiger partial charge < -0.3 is 10.1 Å². The van der Waals surface area contributed by atoms with Crippen LogP contribution in [0.15, 0.2) is 42.6 Å². The van der Waals surface area contributed by atoms with Crippen molar-refractivity contribution in [2.24, 2.45) is 0 Å². The van der Waals surface area contributed by atoms with Crippen molar-refractivity contribution in [2.45, 2.75) is 31.4 Å². The molecular formula is C21H20N4O. The Balaban J connectivity index is 1.68. The van der Waals surface area contributed by atoms with Crippen LogP contribution < -0.4 is 5.32 Å². The number of nitrogens with one attached hydrogen (secondary N) is 1. The van der Waals surface area contributed by atoms with Gasteiger partial charge in [-0.25, -0.2) is 0 Å². The maximum Gasteiger partial charge on any atom is 0.156 e. The summed E-state index contributed by atoms with van der Waals surface area (Å²) in [5.74, 6) is 3.38. The monoisotopic (exact) mass is 344 g/mol. The Hall–Kier alpha value is -2.97. The zero-order valence-corrected chi connectivity index (χ0v) is 14.9. The second kappa shape index (κ2) is 6.40. The van der Waals surface area contributed by atoms with E-state index in [9.17, 15) is 0 Å². The predicted octanol–water partition coefficient (Wildman–Crippen LogP) is 3.65. The lowest BCUT2D eigenvalue weighted by Crippen LogP contribution is -2.49. The van der Waals surface area contributed by atoms with E-state index in [1.54, 1.807) is 13.3 Å². The molecule has 0 bridgehead atoms. The summed E-state index contributed by atoms with van der Waals surface area (Å²) in [5.41, 5.74) is 2.22. The van der Waals surface area contributed by atoms with Gasteiger partial charge in [-0.05, 0) is 31.9 Å². The molecule has 0 saturated heterocycles. The lowest BCUT2D eigenvalue weighted by Gasteiger charge is -2.44. The summed E-state index contributed by atoms with van der Waals surface area (Å²) in [5, 5.41) is 14.4. The predicted molar refractivity (Wildman–Crippen MR) is 103 cm³/mol. The normalized spacial score (nSPS) is 21.8. The second-order valence-electron chi connectivity index (χ2n) is 6.92. The first-order valence-electron chi connectivity index (χ1n) is 8.62. The number of fused-ring (bicyclic) bond motifs is 1. The number of ether oxygens (including phenoxy) is 1. The van der Waals surface area contributed by atoms with Gasteiger partial charge in [-0.1, -0.05) is 30.2 Å². The average molecular weight is 344 g/mol. The fourth-order valence-corrected chi connectivity index (χ4v) is 3.46. The SMILES string of the molecule is C#Cc1ccc(-c2nnc(NC3CC(C)(OC)C3)c3ccccc23)nc1. The Morgan fingerprint density at radius 2 is 1.92 bits per heavy atom. The highest BCUT2D eigenvalue weighted by molar-refractivity contribution is 5.99. The van der Waals surface area contributed by atoms with Crippen LogP contribution in [0.1, 0.15) is 25.3 Å². The quantitative estimate of drug-likeness (QED) is 0.732. The van der Waals surface area contributed by atoms with Crippen LogP contribution in [0.3, 0.4) is 0 Å². The zero-order valence-electron chi connectivity index (χ0n) is 14.9. The fraction of sp³-hybridized carbons (Fsp3) is 0.286. The van der Waals surface area contributed by atoms with Gasteiger partial charge >= 0.3 is 0 Å². The van der Waals surface area contributed by atoms with E-state index in [2.05, 4.69) is 39.4 Å². The highest BCUT2D eigenvalue weighted by Gasteiger charge is 2.40. The Morgan fingerprint density at radius 3 is 2.58 bits per heavy atom. The molecule has 1 fully saturated rings. The second-order valence-corrected chi connectivity index (χ2v) is 6.92. The van der Waals surface area contributed by atoms with Crippen LogP contribution in [0.4, 0.5) is 5.82 Å². The van der Waals surface area contributed by atoms with Gasteiger partial charge in [0.15, 0.2) is 5.82 Å². The summed E-state index contributed by atoms with van der Waals surface area (Å²) >= 11 is 0. The molecule has 2 heterocycles. The van der Waals surface area contributed by atoms with E-state index in [0.717, 1.165) is 46.4 Å². The summed E-state index contributed by atoms with van der Waals surface area (Å²) in [4.78, 5) is 4.44. The number of hydrogen-bond acceptors (Lipinski definition) is 5. The molecule has 1 saturated carbocycles. The number of anilines is 1. The first-order valence-corrected chi connectivity index (χ1v) is 8.62. The van der Waals surface area contributed by atoms with Gasteiger partial charge in [0.05, 0.1) is 11.3 Å². The first-order chi connectivity index (χ1) is 12.6.